The van der Waals surface area contributed by atoms with Crippen molar-refractivity contribution in [3.8, 4) is 11.1 Å². The second-order valence-corrected chi connectivity index (χ2v) is 23.6. The number of carbonyl (C=O) groups is 1. The fourth-order valence-corrected chi connectivity index (χ4v) is 23.5. The normalized spacial score (nSPS) is 15.2. The zero-order valence-corrected chi connectivity index (χ0v) is 21.5. The van der Waals surface area contributed by atoms with Crippen LogP contribution in [0.5, 0.6) is 0 Å². The molecule has 2 heterocycles. The molecule has 0 aliphatic carbocycles. The molecular weight excluding hydrogens is 468 g/mol. The number of nitrogens with zero attached hydrogens (tertiary/aromatic N) is 2. The van der Waals surface area contributed by atoms with Gasteiger partial charge in [0.15, 0.2) is 18.6 Å². The maximum absolute atomic E-state index is 13.1. The maximum Gasteiger partial charge on any atom is 0.462 e. The molecule has 1 aromatic heterocycles. The second kappa shape index (κ2) is 8.36. The molecule has 0 N–H and O–H groups in total. The van der Waals surface area contributed by atoms with Crippen molar-refractivity contribution in [1.29, 1.82) is 0 Å². The highest BCUT2D eigenvalue weighted by Crippen LogP contribution is 2.44. The summed E-state index contributed by atoms with van der Waals surface area (Å²) < 4.78 is 56.9. The number of benzene rings is 1. The van der Waals surface area contributed by atoms with Gasteiger partial charge in [0.25, 0.3) is 0 Å². The van der Waals surface area contributed by atoms with E-state index in [2.05, 4.69) is 4.98 Å². The van der Waals surface area contributed by atoms with Crippen molar-refractivity contribution in [2.75, 3.05) is 30.6 Å². The molecule has 0 fully saturated rings. The van der Waals surface area contributed by atoms with Crippen LogP contribution in [0.1, 0.15) is 26.3 Å². The van der Waals surface area contributed by atoms with Crippen LogP contribution in [0.15, 0.2) is 42.6 Å². The lowest BCUT2D eigenvalue weighted by Gasteiger charge is -2.37. The predicted molar refractivity (Wildman–Crippen MR) is 127 cm³/mol. The molecule has 1 aromatic carbocycles. The number of anilines is 1. The van der Waals surface area contributed by atoms with Crippen LogP contribution in [-0.2, 0) is 34.2 Å². The van der Waals surface area contributed by atoms with Gasteiger partial charge in [-0.15, -0.1) is 0 Å². The predicted octanol–water partition coefficient (Wildman–Crippen LogP) is 2.48. The highest BCUT2D eigenvalue weighted by atomic mass is 32.6. The number of hydrogen-bond acceptors (Lipinski definition) is 7. The molecule has 0 bridgehead atoms. The summed E-state index contributed by atoms with van der Waals surface area (Å²) in [5.41, 5.74) is 2.54. The fraction of sp³-hybridized carbons (Fsp3) is 0.429. The third-order valence-corrected chi connectivity index (χ3v) is 25.6. The van der Waals surface area contributed by atoms with E-state index in [0.29, 0.717) is 5.82 Å². The third kappa shape index (κ3) is 4.14. The molecule has 8 nitrogen and oxygen atoms in total. The Morgan fingerprint density at radius 3 is 2.19 bits per heavy atom. The van der Waals surface area contributed by atoms with Gasteiger partial charge < -0.3 is 4.43 Å². The first kappa shape index (κ1) is 24.6. The van der Waals surface area contributed by atoms with Gasteiger partial charge >= 0.3 is 6.62 Å². The Hall–Kier alpha value is -2.08. The topological polar surface area (TPSA) is 111 Å². The van der Waals surface area contributed by atoms with Gasteiger partial charge in [0.1, 0.15) is 5.82 Å². The summed E-state index contributed by atoms with van der Waals surface area (Å²) in [4.78, 5) is 18.9. The minimum absolute atomic E-state index is 0.0211. The van der Waals surface area contributed by atoms with E-state index in [1.54, 1.807) is 33.0 Å². The monoisotopic (exact) mass is 496 g/mol. The van der Waals surface area contributed by atoms with Gasteiger partial charge in [-0.05, 0) is 23.3 Å². The van der Waals surface area contributed by atoms with E-state index in [1.165, 1.54) is 4.90 Å². The lowest BCUT2D eigenvalue weighted by atomic mass is 9.99. The SMILES string of the molecule is CC(C)(C)[Si](OCCN1C(=O)Cc2ccccc2-c2cccnc21)(S(C)(=O)=O)S(C)(=O)=O. The Morgan fingerprint density at radius 1 is 1.00 bits per heavy atom. The number of carbonyl (C=O) groups excluding carboxylic acids is 1. The summed E-state index contributed by atoms with van der Waals surface area (Å²) in [5, 5.41) is -1.14. The Labute approximate surface area is 189 Å². The first-order chi connectivity index (χ1) is 14.7. The van der Waals surface area contributed by atoms with Crippen LogP contribution in [0.3, 0.4) is 0 Å². The highest BCUT2D eigenvalue weighted by molar-refractivity contribution is 8.50. The van der Waals surface area contributed by atoms with Crippen LogP contribution >= 0.6 is 0 Å². The van der Waals surface area contributed by atoms with Gasteiger partial charge in [0.2, 0.25) is 5.91 Å². The smallest absolute Gasteiger partial charge is 0.391 e. The van der Waals surface area contributed by atoms with E-state index < -0.39 is 30.2 Å². The highest BCUT2D eigenvalue weighted by Gasteiger charge is 2.66. The summed E-state index contributed by atoms with van der Waals surface area (Å²) >= 11 is 0. The number of pyridine rings is 1. The van der Waals surface area contributed by atoms with Gasteiger partial charge in [0.05, 0.1) is 13.0 Å². The Morgan fingerprint density at radius 2 is 1.59 bits per heavy atom. The molecule has 0 saturated carbocycles. The van der Waals surface area contributed by atoms with E-state index >= 15 is 0 Å². The first-order valence-corrected chi connectivity index (χ1v) is 17.2. The van der Waals surface area contributed by atoms with E-state index in [9.17, 15) is 21.6 Å². The standard InChI is InChI=1S/C21H28N2O6S2Si/c1-21(2,3)32(30(4,25)26,31(5,27)28)29-14-13-23-19(24)15-16-9-6-7-10-17(16)18-11-8-12-22-20(18)23/h6-12H,13-15H2,1-5H3. The van der Waals surface area contributed by atoms with Gasteiger partial charge in [-0.1, -0.05) is 45.0 Å². The summed E-state index contributed by atoms with van der Waals surface area (Å²) in [6, 6.07) is 11.2. The zero-order chi connectivity index (χ0) is 23.9. The molecule has 1 aliphatic rings. The van der Waals surface area contributed by atoms with Crippen molar-refractivity contribution in [3.05, 3.63) is 48.2 Å². The molecule has 174 valence electrons. The summed E-state index contributed by atoms with van der Waals surface area (Å²) in [6.07, 6.45) is 3.55. The van der Waals surface area contributed by atoms with Crippen LogP contribution < -0.4 is 4.90 Å². The molecule has 0 radical (unpaired) electrons. The summed E-state index contributed by atoms with van der Waals surface area (Å²) in [7, 11) is -8.12. The molecule has 0 spiro atoms. The van der Waals surface area contributed by atoms with Crippen molar-refractivity contribution in [1.82, 2.24) is 4.98 Å². The van der Waals surface area contributed by atoms with Gasteiger partial charge in [-0.2, -0.15) is 0 Å². The number of fused-ring (bicyclic) bond motifs is 3. The number of rotatable bonds is 6. The summed E-state index contributed by atoms with van der Waals surface area (Å²) in [6.45, 7) is 0.0264. The number of aromatic nitrogens is 1. The molecule has 0 unspecified atom stereocenters. The van der Waals surface area contributed by atoms with Crippen LogP contribution in [0.25, 0.3) is 11.1 Å². The van der Waals surface area contributed by atoms with Crippen molar-refractivity contribution in [3.63, 3.8) is 0 Å². The molecule has 0 atom stereocenters. The van der Waals surface area contributed by atoms with Crippen LogP contribution in [0.4, 0.5) is 5.82 Å². The molecule has 1 amide bonds. The molecular formula is C21H28N2O6S2Si. The van der Waals surface area contributed by atoms with E-state index in [0.717, 1.165) is 29.2 Å². The van der Waals surface area contributed by atoms with Crippen LogP contribution in [0, 0.1) is 0 Å². The van der Waals surface area contributed by atoms with Crippen molar-refractivity contribution in [2.24, 2.45) is 0 Å². The van der Waals surface area contributed by atoms with Gasteiger partial charge in [0, 0.05) is 35.9 Å². The number of amides is 1. The van der Waals surface area contributed by atoms with Crippen LogP contribution in [-0.4, -0.2) is 60.0 Å². The lowest BCUT2D eigenvalue weighted by molar-refractivity contribution is -0.118. The minimum atomic E-state index is -4.39. The minimum Gasteiger partial charge on any atom is -0.391 e. The Balaban J connectivity index is 1.99. The van der Waals surface area contributed by atoms with Crippen LogP contribution in [0.2, 0.25) is 5.04 Å². The van der Waals surface area contributed by atoms with Crippen molar-refractivity contribution < 1.29 is 26.1 Å². The van der Waals surface area contributed by atoms with Gasteiger partial charge in [-0.25, -0.2) is 21.8 Å². The second-order valence-electron chi connectivity index (χ2n) is 8.95. The third-order valence-electron chi connectivity index (χ3n) is 5.49. The molecule has 0 saturated heterocycles. The van der Waals surface area contributed by atoms with Crippen molar-refractivity contribution >= 4 is 36.9 Å². The maximum atomic E-state index is 13.1. The fourth-order valence-electron chi connectivity index (χ4n) is 4.46. The van der Waals surface area contributed by atoms with E-state index in [-0.39, 0.29) is 25.5 Å². The first-order valence-electron chi connectivity index (χ1n) is 10.1. The average molecular weight is 497 g/mol. The molecule has 11 heteroatoms. The van der Waals surface area contributed by atoms with Crippen molar-refractivity contribution in [2.45, 2.75) is 32.2 Å². The van der Waals surface area contributed by atoms with E-state index in [1.807, 2.05) is 30.3 Å². The largest absolute Gasteiger partial charge is 0.462 e. The molecule has 2 aromatic rings. The Bertz CT molecular complexity index is 1220. The quantitative estimate of drug-likeness (QED) is 0.565. The summed E-state index contributed by atoms with van der Waals surface area (Å²) in [5.74, 6) is 0.216. The van der Waals surface area contributed by atoms with Gasteiger partial charge in [-0.3, -0.25) is 9.69 Å². The average Bonchev–Trinajstić information content (AvgIpc) is 2.76. The van der Waals surface area contributed by atoms with E-state index in [4.69, 9.17) is 4.43 Å². The zero-order valence-electron chi connectivity index (χ0n) is 18.8. The molecule has 3 rings (SSSR count). The Kier molecular flexibility index (Phi) is 6.42. The number of hydrogen-bond donors (Lipinski definition) is 0. The molecule has 1 aliphatic heterocycles. The molecule has 32 heavy (non-hydrogen) atoms. The lowest BCUT2D eigenvalue weighted by Crippen LogP contribution is -2.61.